The maximum Gasteiger partial charge on any atom is 0.251 e. The summed E-state index contributed by atoms with van der Waals surface area (Å²) in [5.74, 6) is 0.385. The highest BCUT2D eigenvalue weighted by molar-refractivity contribution is 7.89. The fraction of sp³-hybridized carbons (Fsp3) is 0.462. The summed E-state index contributed by atoms with van der Waals surface area (Å²) >= 11 is 5.81. The highest BCUT2D eigenvalue weighted by Crippen LogP contribution is 2.18. The molecule has 1 aromatic rings. The topological polar surface area (TPSA) is 89.3 Å². The maximum absolute atomic E-state index is 12.0. The van der Waals surface area contributed by atoms with Gasteiger partial charge in [-0.05, 0) is 30.0 Å². The molecule has 0 aliphatic rings. The Hall–Kier alpha value is -1.11. The molecule has 0 aliphatic carbocycles. The average Bonchev–Trinajstić information content (AvgIpc) is 2.33. The zero-order chi connectivity index (χ0) is 15.5. The number of amides is 1. The van der Waals surface area contributed by atoms with Crippen LogP contribution >= 0.6 is 11.6 Å². The predicted molar refractivity (Wildman–Crippen MR) is 79.2 cm³/mol. The van der Waals surface area contributed by atoms with Crippen LogP contribution in [0.25, 0.3) is 0 Å². The number of nitrogens with one attached hydrogen (secondary N) is 1. The van der Waals surface area contributed by atoms with E-state index >= 15 is 0 Å². The van der Waals surface area contributed by atoms with Crippen molar-refractivity contribution in [1.82, 2.24) is 5.32 Å². The summed E-state index contributed by atoms with van der Waals surface area (Å²) in [7, 11) is -3.89. The van der Waals surface area contributed by atoms with E-state index in [0.29, 0.717) is 18.4 Å². The normalized spacial score (nSPS) is 13.3. The van der Waals surface area contributed by atoms with E-state index in [1.165, 1.54) is 18.2 Å². The van der Waals surface area contributed by atoms with Gasteiger partial charge in [0, 0.05) is 17.1 Å². The molecule has 0 spiro atoms. The third-order valence-corrected chi connectivity index (χ3v) is 4.30. The van der Waals surface area contributed by atoms with Crippen LogP contribution in [0, 0.1) is 11.8 Å². The lowest BCUT2D eigenvalue weighted by Gasteiger charge is -2.16. The van der Waals surface area contributed by atoms with E-state index in [1.54, 1.807) is 0 Å². The fourth-order valence-electron chi connectivity index (χ4n) is 1.45. The summed E-state index contributed by atoms with van der Waals surface area (Å²) in [4.78, 5) is 11.8. The Kier molecular flexibility index (Phi) is 5.56. The maximum atomic E-state index is 12.0. The zero-order valence-corrected chi connectivity index (χ0v) is 13.3. The first-order chi connectivity index (χ1) is 9.11. The van der Waals surface area contributed by atoms with Gasteiger partial charge < -0.3 is 5.32 Å². The minimum Gasteiger partial charge on any atom is -0.352 e. The van der Waals surface area contributed by atoms with Gasteiger partial charge in [-0.3, -0.25) is 4.79 Å². The van der Waals surface area contributed by atoms with E-state index < -0.39 is 10.0 Å². The number of hydrogen-bond donors (Lipinski definition) is 2. The zero-order valence-electron chi connectivity index (χ0n) is 11.7. The van der Waals surface area contributed by atoms with E-state index in [2.05, 4.69) is 19.2 Å². The molecule has 3 N–H and O–H groups in total. The van der Waals surface area contributed by atoms with E-state index in [0.717, 1.165) is 0 Å². The van der Waals surface area contributed by atoms with Gasteiger partial charge in [0.1, 0.15) is 0 Å². The van der Waals surface area contributed by atoms with Gasteiger partial charge in [0.05, 0.1) is 4.90 Å². The van der Waals surface area contributed by atoms with Gasteiger partial charge in [-0.2, -0.15) is 0 Å². The lowest BCUT2D eigenvalue weighted by Crippen LogP contribution is -2.30. The monoisotopic (exact) mass is 318 g/mol. The first-order valence-corrected chi connectivity index (χ1v) is 8.15. The number of primary sulfonamides is 1. The van der Waals surface area contributed by atoms with Crippen LogP contribution in [0.15, 0.2) is 23.1 Å². The number of nitrogens with two attached hydrogens (primary N) is 1. The number of sulfonamides is 1. The van der Waals surface area contributed by atoms with Crippen LogP contribution in [0.2, 0.25) is 5.02 Å². The quantitative estimate of drug-likeness (QED) is 0.870. The lowest BCUT2D eigenvalue weighted by atomic mass is 9.98. The summed E-state index contributed by atoms with van der Waals surface area (Å²) in [6.45, 7) is 6.66. The molecule has 0 saturated heterocycles. The molecular formula is C13H19ClN2O3S. The molecule has 20 heavy (non-hydrogen) atoms. The number of carbonyl (C=O) groups excluding carboxylic acids is 1. The van der Waals surface area contributed by atoms with Crippen LogP contribution in [0.5, 0.6) is 0 Å². The second-order valence-electron chi connectivity index (χ2n) is 5.15. The summed E-state index contributed by atoms with van der Waals surface area (Å²) in [5.41, 5.74) is 0.178. The van der Waals surface area contributed by atoms with Crippen molar-refractivity contribution in [2.75, 3.05) is 6.54 Å². The molecule has 7 heteroatoms. The van der Waals surface area contributed by atoms with E-state index in [1.807, 2.05) is 6.92 Å². The lowest BCUT2D eigenvalue weighted by molar-refractivity contribution is 0.0944. The molecule has 5 nitrogen and oxygen atoms in total. The van der Waals surface area contributed by atoms with Gasteiger partial charge in [0.2, 0.25) is 10.0 Å². The summed E-state index contributed by atoms with van der Waals surface area (Å²) < 4.78 is 22.6. The van der Waals surface area contributed by atoms with Crippen molar-refractivity contribution in [3.63, 3.8) is 0 Å². The van der Waals surface area contributed by atoms with Gasteiger partial charge in [0.25, 0.3) is 5.91 Å². The van der Waals surface area contributed by atoms with Crippen LogP contribution in [-0.4, -0.2) is 20.9 Å². The minimum absolute atomic E-state index is 0.151. The number of benzene rings is 1. The Balaban J connectivity index is 2.92. The van der Waals surface area contributed by atoms with Crippen molar-refractivity contribution < 1.29 is 13.2 Å². The van der Waals surface area contributed by atoms with Gasteiger partial charge in [0.15, 0.2) is 0 Å². The molecule has 0 fully saturated rings. The minimum atomic E-state index is -3.89. The van der Waals surface area contributed by atoms with Gasteiger partial charge >= 0.3 is 0 Å². The molecule has 0 heterocycles. The van der Waals surface area contributed by atoms with Crippen LogP contribution in [0.3, 0.4) is 0 Å². The molecule has 1 aromatic carbocycles. The van der Waals surface area contributed by atoms with Gasteiger partial charge in [-0.1, -0.05) is 32.4 Å². The van der Waals surface area contributed by atoms with Crippen molar-refractivity contribution in [1.29, 1.82) is 0 Å². The second-order valence-corrected chi connectivity index (χ2v) is 7.15. The van der Waals surface area contributed by atoms with Crippen molar-refractivity contribution in [2.24, 2.45) is 17.0 Å². The fourth-order valence-corrected chi connectivity index (χ4v) is 2.33. The molecule has 1 rings (SSSR count). The Morgan fingerprint density at radius 1 is 1.30 bits per heavy atom. The molecule has 0 saturated carbocycles. The van der Waals surface area contributed by atoms with Gasteiger partial charge in [-0.15, -0.1) is 0 Å². The number of rotatable bonds is 5. The molecule has 1 unspecified atom stereocenters. The van der Waals surface area contributed by atoms with E-state index in [-0.39, 0.29) is 21.4 Å². The number of carbonyl (C=O) groups is 1. The molecule has 112 valence electrons. The Labute approximate surface area is 124 Å². The van der Waals surface area contributed by atoms with Gasteiger partial charge in [-0.25, -0.2) is 13.6 Å². The Bertz CT molecular complexity index is 600. The first kappa shape index (κ1) is 16.9. The largest absolute Gasteiger partial charge is 0.352 e. The van der Waals surface area contributed by atoms with Crippen molar-refractivity contribution in [2.45, 2.75) is 25.7 Å². The van der Waals surface area contributed by atoms with E-state index in [4.69, 9.17) is 16.7 Å². The molecule has 1 amide bonds. The van der Waals surface area contributed by atoms with Crippen molar-refractivity contribution >= 4 is 27.5 Å². The highest BCUT2D eigenvalue weighted by Gasteiger charge is 2.15. The van der Waals surface area contributed by atoms with Crippen LogP contribution in [-0.2, 0) is 10.0 Å². The van der Waals surface area contributed by atoms with E-state index in [9.17, 15) is 13.2 Å². The Morgan fingerprint density at radius 2 is 1.90 bits per heavy atom. The second kappa shape index (κ2) is 6.56. The third kappa shape index (κ3) is 4.77. The molecule has 0 aliphatic heterocycles. The predicted octanol–water partition coefficient (Wildman–Crippen LogP) is 2.01. The number of hydrogen-bond acceptors (Lipinski definition) is 3. The number of halogens is 1. The van der Waals surface area contributed by atoms with Crippen LogP contribution in [0.1, 0.15) is 31.1 Å². The van der Waals surface area contributed by atoms with Crippen LogP contribution < -0.4 is 10.5 Å². The summed E-state index contributed by atoms with van der Waals surface area (Å²) in [6, 6.07) is 3.84. The average molecular weight is 319 g/mol. The molecule has 0 aromatic heterocycles. The first-order valence-electron chi connectivity index (χ1n) is 6.23. The smallest absolute Gasteiger partial charge is 0.251 e. The van der Waals surface area contributed by atoms with Crippen molar-refractivity contribution in [3.05, 3.63) is 28.8 Å². The third-order valence-electron chi connectivity index (χ3n) is 3.18. The standard InChI is InChI=1S/C13H19ClN2O3S/c1-8(2)9(3)7-16-13(17)10-4-11(14)6-12(5-10)20(15,18)19/h4-6,8-9H,7H2,1-3H3,(H,16,17)(H2,15,18,19). The summed E-state index contributed by atoms with van der Waals surface area (Å²) in [6.07, 6.45) is 0. The molecular weight excluding hydrogens is 300 g/mol. The molecule has 1 atom stereocenters. The SMILES string of the molecule is CC(C)C(C)CNC(=O)c1cc(Cl)cc(S(N)(=O)=O)c1. The highest BCUT2D eigenvalue weighted by atomic mass is 35.5. The summed E-state index contributed by atoms with van der Waals surface area (Å²) in [5, 5.41) is 7.94. The molecule has 0 bridgehead atoms. The molecule has 0 radical (unpaired) electrons. The van der Waals surface area contributed by atoms with Crippen LogP contribution in [0.4, 0.5) is 0 Å². The van der Waals surface area contributed by atoms with Crippen molar-refractivity contribution in [3.8, 4) is 0 Å². The Morgan fingerprint density at radius 3 is 2.40 bits per heavy atom.